The van der Waals surface area contributed by atoms with Gasteiger partial charge in [0.15, 0.2) is 27.1 Å². The highest BCUT2D eigenvalue weighted by Gasteiger charge is 2.20. The molecule has 0 unspecified atom stereocenters. The van der Waals surface area contributed by atoms with Crippen LogP contribution in [0.2, 0.25) is 0 Å². The third-order valence-corrected chi connectivity index (χ3v) is 7.42. The summed E-state index contributed by atoms with van der Waals surface area (Å²) in [4.78, 5) is 20.6. The largest absolute Gasteiger partial charge is 0.465 e. The molecule has 0 saturated heterocycles. The van der Waals surface area contributed by atoms with Crippen molar-refractivity contribution < 1.29 is 22.5 Å². The Hall–Kier alpha value is -4.05. The molecule has 0 amide bonds. The Morgan fingerprint density at radius 1 is 1.00 bits per heavy atom. The molecule has 0 spiro atoms. The van der Waals surface area contributed by atoms with Crippen LogP contribution in [0.25, 0.3) is 34.0 Å². The summed E-state index contributed by atoms with van der Waals surface area (Å²) < 4.78 is 34.9. The van der Waals surface area contributed by atoms with Crippen molar-refractivity contribution in [3.63, 3.8) is 0 Å². The Kier molecular flexibility index (Phi) is 6.16. The van der Waals surface area contributed by atoms with Crippen molar-refractivity contribution in [1.29, 1.82) is 0 Å². The maximum Gasteiger partial charge on any atom is 0.337 e. The summed E-state index contributed by atoms with van der Waals surface area (Å²) in [6.07, 6.45) is 1.51. The number of anilines is 1. The van der Waals surface area contributed by atoms with Gasteiger partial charge in [-0.3, -0.25) is 0 Å². The van der Waals surface area contributed by atoms with Gasteiger partial charge in [0.05, 0.1) is 34.7 Å². The second-order valence-corrected chi connectivity index (χ2v) is 10.3. The summed E-state index contributed by atoms with van der Waals surface area (Å²) in [5.74, 6) is 0.0477. The molecule has 0 radical (unpaired) electrons. The molecule has 2 aromatic heterocycles. The van der Waals surface area contributed by atoms with E-state index in [4.69, 9.17) is 15.0 Å². The number of ether oxygens (including phenoxy) is 1. The van der Waals surface area contributed by atoms with Gasteiger partial charge in [0, 0.05) is 17.2 Å². The molecule has 0 saturated carbocycles. The van der Waals surface area contributed by atoms with Gasteiger partial charge in [0.1, 0.15) is 5.69 Å². The minimum absolute atomic E-state index is 0.159. The monoisotopic (exact) mass is 478 g/mol. The fourth-order valence-corrected chi connectivity index (χ4v) is 4.28. The molecule has 174 valence electrons. The van der Waals surface area contributed by atoms with Crippen molar-refractivity contribution >= 4 is 21.6 Å². The van der Waals surface area contributed by atoms with Gasteiger partial charge < -0.3 is 15.0 Å². The van der Waals surface area contributed by atoms with E-state index in [-0.39, 0.29) is 10.7 Å². The van der Waals surface area contributed by atoms with E-state index < -0.39 is 21.1 Å². The van der Waals surface area contributed by atoms with Gasteiger partial charge in [-0.1, -0.05) is 29.4 Å². The number of nitrogens with zero attached hydrogens (tertiary/aromatic N) is 3. The first-order chi connectivity index (χ1) is 16.2. The molecule has 2 heterocycles. The van der Waals surface area contributed by atoms with E-state index in [1.54, 1.807) is 68.4 Å². The topological polar surface area (TPSA) is 138 Å². The molecule has 2 aromatic carbocycles. The first-order valence-electron chi connectivity index (χ1n) is 10.3. The van der Waals surface area contributed by atoms with Crippen LogP contribution in [0.3, 0.4) is 0 Å². The minimum atomic E-state index is -3.37. The molecule has 4 aromatic rings. The smallest absolute Gasteiger partial charge is 0.337 e. The van der Waals surface area contributed by atoms with E-state index in [0.29, 0.717) is 34.0 Å². The highest BCUT2D eigenvalue weighted by molar-refractivity contribution is 7.92. The van der Waals surface area contributed by atoms with Crippen LogP contribution in [-0.4, -0.2) is 41.9 Å². The van der Waals surface area contributed by atoms with Crippen LogP contribution in [-0.2, 0) is 14.6 Å². The van der Waals surface area contributed by atoms with Crippen molar-refractivity contribution in [3.8, 4) is 34.0 Å². The molecule has 2 N–H and O–H groups in total. The van der Waals surface area contributed by atoms with Gasteiger partial charge in [0.2, 0.25) is 0 Å². The van der Waals surface area contributed by atoms with Gasteiger partial charge >= 0.3 is 5.97 Å². The van der Waals surface area contributed by atoms with Crippen molar-refractivity contribution in [2.75, 3.05) is 12.8 Å². The lowest BCUT2D eigenvalue weighted by Crippen LogP contribution is -2.13. The summed E-state index contributed by atoms with van der Waals surface area (Å²) in [6, 6.07) is 14.8. The standard InChI is InChI=1S/C24H22N4O5S/c1-14(2)34(30,31)18-10-8-16(9-11-18)20-13-26-23(25)22(27-20)21-12-19(28-33-21)15-4-6-17(7-5-15)24(29)32-3/h4-14H,1-3H3,(H2,25,26). The Morgan fingerprint density at radius 2 is 1.62 bits per heavy atom. The molecule has 9 nitrogen and oxygen atoms in total. The quantitative estimate of drug-likeness (QED) is 0.407. The average molecular weight is 479 g/mol. The second kappa shape index (κ2) is 9.06. The molecule has 0 aliphatic carbocycles. The molecule has 10 heteroatoms. The van der Waals surface area contributed by atoms with E-state index in [1.807, 2.05) is 0 Å². The average Bonchev–Trinajstić information content (AvgIpc) is 3.34. The Labute approximate surface area is 196 Å². The first kappa shape index (κ1) is 23.1. The lowest BCUT2D eigenvalue weighted by atomic mass is 10.1. The number of benzene rings is 2. The van der Waals surface area contributed by atoms with Crippen LogP contribution in [0, 0.1) is 0 Å². The third-order valence-electron chi connectivity index (χ3n) is 5.25. The number of carbonyl (C=O) groups is 1. The molecule has 0 fully saturated rings. The lowest BCUT2D eigenvalue weighted by Gasteiger charge is -2.09. The van der Waals surface area contributed by atoms with Gasteiger partial charge in [-0.15, -0.1) is 0 Å². The lowest BCUT2D eigenvalue weighted by molar-refractivity contribution is 0.0600. The second-order valence-electron chi connectivity index (χ2n) is 7.75. The zero-order valence-corrected chi connectivity index (χ0v) is 19.5. The molecule has 0 aliphatic rings. The summed E-state index contributed by atoms with van der Waals surface area (Å²) in [5.41, 5.74) is 9.20. The third kappa shape index (κ3) is 4.40. The van der Waals surface area contributed by atoms with Crippen molar-refractivity contribution in [1.82, 2.24) is 15.1 Å². The van der Waals surface area contributed by atoms with Gasteiger partial charge in [-0.2, -0.15) is 0 Å². The molecule has 4 rings (SSSR count). The number of methoxy groups -OCH3 is 1. The Morgan fingerprint density at radius 3 is 2.24 bits per heavy atom. The van der Waals surface area contributed by atoms with Crippen LogP contribution in [0.15, 0.2) is 70.2 Å². The fraction of sp³-hybridized carbons (Fsp3) is 0.167. The van der Waals surface area contributed by atoms with Crippen molar-refractivity contribution in [3.05, 3.63) is 66.4 Å². The van der Waals surface area contributed by atoms with Crippen LogP contribution in [0.5, 0.6) is 0 Å². The van der Waals surface area contributed by atoms with Crippen LogP contribution >= 0.6 is 0 Å². The molecule has 34 heavy (non-hydrogen) atoms. The van der Waals surface area contributed by atoms with E-state index in [0.717, 1.165) is 5.56 Å². The summed E-state index contributed by atoms with van der Waals surface area (Å²) in [7, 11) is -2.05. The van der Waals surface area contributed by atoms with E-state index in [9.17, 15) is 13.2 Å². The van der Waals surface area contributed by atoms with Crippen LogP contribution < -0.4 is 5.73 Å². The zero-order valence-electron chi connectivity index (χ0n) is 18.7. The van der Waals surface area contributed by atoms with Gasteiger partial charge in [-0.05, 0) is 38.1 Å². The summed E-state index contributed by atoms with van der Waals surface area (Å²) in [5, 5.41) is 3.56. The SMILES string of the molecule is COC(=O)c1ccc(-c2cc(-c3nc(-c4ccc(S(=O)(=O)C(C)C)cc4)cnc3N)on2)cc1. The molecule has 0 aliphatic heterocycles. The maximum atomic E-state index is 12.4. The number of carbonyl (C=O) groups excluding carboxylic acids is 1. The molecule has 0 bridgehead atoms. The van der Waals surface area contributed by atoms with Crippen molar-refractivity contribution in [2.24, 2.45) is 0 Å². The van der Waals surface area contributed by atoms with E-state index >= 15 is 0 Å². The fourth-order valence-electron chi connectivity index (χ4n) is 3.22. The van der Waals surface area contributed by atoms with E-state index in [2.05, 4.69) is 15.1 Å². The summed E-state index contributed by atoms with van der Waals surface area (Å²) in [6.45, 7) is 3.28. The number of rotatable bonds is 6. The number of hydrogen-bond acceptors (Lipinski definition) is 9. The van der Waals surface area contributed by atoms with E-state index in [1.165, 1.54) is 13.3 Å². The van der Waals surface area contributed by atoms with Gasteiger partial charge in [0.25, 0.3) is 0 Å². The number of nitrogens with two attached hydrogens (primary N) is 1. The zero-order chi connectivity index (χ0) is 24.5. The molecular weight excluding hydrogens is 456 g/mol. The highest BCUT2D eigenvalue weighted by atomic mass is 32.2. The predicted molar refractivity (Wildman–Crippen MR) is 126 cm³/mol. The normalized spacial score (nSPS) is 11.5. The van der Waals surface area contributed by atoms with Crippen LogP contribution in [0.4, 0.5) is 5.82 Å². The summed E-state index contributed by atoms with van der Waals surface area (Å²) >= 11 is 0. The number of hydrogen-bond donors (Lipinski definition) is 1. The molecular formula is C24H22N4O5S. The number of aromatic nitrogens is 3. The number of esters is 1. The predicted octanol–water partition coefficient (Wildman–Crippen LogP) is 4.02. The Balaban J connectivity index is 1.64. The first-order valence-corrected chi connectivity index (χ1v) is 11.9. The van der Waals surface area contributed by atoms with Crippen molar-refractivity contribution in [2.45, 2.75) is 24.0 Å². The highest BCUT2D eigenvalue weighted by Crippen LogP contribution is 2.30. The van der Waals surface area contributed by atoms with Gasteiger partial charge in [-0.25, -0.2) is 23.2 Å². The molecule has 0 atom stereocenters. The van der Waals surface area contributed by atoms with Crippen LogP contribution in [0.1, 0.15) is 24.2 Å². The number of sulfone groups is 1. The Bertz CT molecular complexity index is 1440. The minimum Gasteiger partial charge on any atom is -0.465 e. The number of nitrogen functional groups attached to an aromatic ring is 1. The maximum absolute atomic E-state index is 12.4.